The van der Waals surface area contributed by atoms with Crippen LogP contribution in [0, 0.1) is 13.8 Å². The summed E-state index contributed by atoms with van der Waals surface area (Å²) in [5.41, 5.74) is 3.61. The third-order valence-corrected chi connectivity index (χ3v) is 2.34. The predicted molar refractivity (Wildman–Crippen MR) is 60.5 cm³/mol. The van der Waals surface area contributed by atoms with Gasteiger partial charge in [0.2, 0.25) is 0 Å². The molecule has 15 heavy (non-hydrogen) atoms. The van der Waals surface area contributed by atoms with Crippen LogP contribution in [0.25, 0.3) is 0 Å². The van der Waals surface area contributed by atoms with Gasteiger partial charge in [0, 0.05) is 5.56 Å². The fourth-order valence-electron chi connectivity index (χ4n) is 1.45. The average Bonchev–Trinajstić information content (AvgIpc) is 2.18. The summed E-state index contributed by atoms with van der Waals surface area (Å²) in [7, 11) is 0. The van der Waals surface area contributed by atoms with Crippen molar-refractivity contribution in [2.45, 2.75) is 39.7 Å². The first kappa shape index (κ1) is 11.9. The van der Waals surface area contributed by atoms with Crippen molar-refractivity contribution in [3.8, 4) is 0 Å². The van der Waals surface area contributed by atoms with E-state index in [2.05, 4.69) is 16.8 Å². The molecule has 1 unspecified atom stereocenters. The molecule has 0 bridgehead atoms. The zero-order valence-electron chi connectivity index (χ0n) is 9.62. The Morgan fingerprint density at radius 3 is 2.73 bits per heavy atom. The molecule has 0 aromatic carbocycles. The summed E-state index contributed by atoms with van der Waals surface area (Å²) in [6.45, 7) is 9.53. The zero-order chi connectivity index (χ0) is 11.4. The lowest BCUT2D eigenvalue weighted by atomic mass is 10.0. The van der Waals surface area contributed by atoms with Gasteiger partial charge in [-0.2, -0.15) is 10.2 Å². The molecule has 3 heteroatoms. The minimum atomic E-state index is -0.462. The Kier molecular flexibility index (Phi) is 3.97. The van der Waals surface area contributed by atoms with Gasteiger partial charge in [-0.05, 0) is 39.7 Å². The van der Waals surface area contributed by atoms with Gasteiger partial charge in [-0.1, -0.05) is 5.57 Å². The van der Waals surface area contributed by atoms with E-state index in [1.807, 2.05) is 26.8 Å². The molecule has 0 aliphatic heterocycles. The van der Waals surface area contributed by atoms with Crippen LogP contribution in [-0.2, 0) is 0 Å². The third-order valence-electron chi connectivity index (χ3n) is 2.34. The maximum atomic E-state index is 9.97. The smallest absolute Gasteiger partial charge is 0.0811 e. The molecule has 0 spiro atoms. The number of aryl methyl sites for hydroxylation is 2. The quantitative estimate of drug-likeness (QED) is 0.770. The summed E-state index contributed by atoms with van der Waals surface area (Å²) < 4.78 is 0. The SMILES string of the molecule is C=C(C)CCC(O)c1cc(C)nnc1C. The van der Waals surface area contributed by atoms with Crippen molar-refractivity contribution in [3.63, 3.8) is 0 Å². The second-order valence-corrected chi connectivity index (χ2v) is 4.04. The molecule has 0 aliphatic rings. The first-order valence-electron chi connectivity index (χ1n) is 5.14. The number of aliphatic hydroxyl groups excluding tert-OH is 1. The number of nitrogens with zero attached hydrogens (tertiary/aromatic N) is 2. The Labute approximate surface area is 90.9 Å². The Hall–Kier alpha value is -1.22. The van der Waals surface area contributed by atoms with E-state index in [0.29, 0.717) is 6.42 Å². The van der Waals surface area contributed by atoms with Crippen LogP contribution < -0.4 is 0 Å². The zero-order valence-corrected chi connectivity index (χ0v) is 9.62. The summed E-state index contributed by atoms with van der Waals surface area (Å²) in [5.74, 6) is 0. The number of aliphatic hydroxyl groups is 1. The standard InChI is InChI=1S/C12H18N2O/c1-8(2)5-6-12(15)11-7-9(3)13-14-10(11)4/h7,12,15H,1,5-6H2,2-4H3. The van der Waals surface area contributed by atoms with E-state index in [1.54, 1.807) is 0 Å². The van der Waals surface area contributed by atoms with Gasteiger partial charge < -0.3 is 5.11 Å². The highest BCUT2D eigenvalue weighted by molar-refractivity contribution is 5.22. The van der Waals surface area contributed by atoms with E-state index in [9.17, 15) is 5.11 Å². The molecule has 1 atom stereocenters. The van der Waals surface area contributed by atoms with E-state index in [0.717, 1.165) is 28.9 Å². The van der Waals surface area contributed by atoms with Crippen LogP contribution in [0.2, 0.25) is 0 Å². The van der Waals surface area contributed by atoms with E-state index < -0.39 is 6.10 Å². The van der Waals surface area contributed by atoms with Gasteiger partial charge in [0.15, 0.2) is 0 Å². The summed E-state index contributed by atoms with van der Waals surface area (Å²) in [5, 5.41) is 17.9. The van der Waals surface area contributed by atoms with Crippen molar-refractivity contribution in [2.75, 3.05) is 0 Å². The molecule has 0 fully saturated rings. The largest absolute Gasteiger partial charge is 0.388 e. The molecule has 0 aliphatic carbocycles. The lowest BCUT2D eigenvalue weighted by Crippen LogP contribution is -2.04. The van der Waals surface area contributed by atoms with Gasteiger partial charge in [-0.3, -0.25) is 0 Å². The fraction of sp³-hybridized carbons (Fsp3) is 0.500. The summed E-state index contributed by atoms with van der Waals surface area (Å²) in [6, 6.07) is 1.89. The maximum Gasteiger partial charge on any atom is 0.0811 e. The average molecular weight is 206 g/mol. The van der Waals surface area contributed by atoms with E-state index in [-0.39, 0.29) is 0 Å². The van der Waals surface area contributed by atoms with Crippen LogP contribution in [0.3, 0.4) is 0 Å². The Balaban J connectivity index is 2.76. The number of allylic oxidation sites excluding steroid dienone is 1. The van der Waals surface area contributed by atoms with Gasteiger partial charge in [0.05, 0.1) is 17.5 Å². The van der Waals surface area contributed by atoms with Gasteiger partial charge in [0.1, 0.15) is 0 Å². The Morgan fingerprint density at radius 2 is 2.13 bits per heavy atom. The van der Waals surface area contributed by atoms with Gasteiger partial charge in [0.25, 0.3) is 0 Å². The van der Waals surface area contributed by atoms with E-state index in [1.165, 1.54) is 0 Å². The summed E-state index contributed by atoms with van der Waals surface area (Å²) in [4.78, 5) is 0. The van der Waals surface area contributed by atoms with Gasteiger partial charge in [-0.25, -0.2) is 0 Å². The van der Waals surface area contributed by atoms with Crippen molar-refractivity contribution < 1.29 is 5.11 Å². The molecule has 1 N–H and O–H groups in total. The summed E-state index contributed by atoms with van der Waals surface area (Å²) >= 11 is 0. The number of aromatic nitrogens is 2. The molecule has 1 aromatic heterocycles. The molecular formula is C12H18N2O. The first-order valence-corrected chi connectivity index (χ1v) is 5.14. The highest BCUT2D eigenvalue weighted by atomic mass is 16.3. The summed E-state index contributed by atoms with van der Waals surface area (Å²) in [6.07, 6.45) is 1.07. The second-order valence-electron chi connectivity index (χ2n) is 4.04. The van der Waals surface area contributed by atoms with Crippen molar-refractivity contribution in [1.82, 2.24) is 10.2 Å². The highest BCUT2D eigenvalue weighted by Crippen LogP contribution is 2.22. The Morgan fingerprint density at radius 1 is 1.47 bits per heavy atom. The first-order chi connectivity index (χ1) is 7.00. The topological polar surface area (TPSA) is 46.0 Å². The minimum Gasteiger partial charge on any atom is -0.388 e. The van der Waals surface area contributed by atoms with Crippen molar-refractivity contribution in [1.29, 1.82) is 0 Å². The van der Waals surface area contributed by atoms with E-state index >= 15 is 0 Å². The molecular weight excluding hydrogens is 188 g/mol. The van der Waals surface area contributed by atoms with Crippen LogP contribution in [-0.4, -0.2) is 15.3 Å². The van der Waals surface area contributed by atoms with Crippen LogP contribution in [0.4, 0.5) is 0 Å². The minimum absolute atomic E-state index is 0.462. The van der Waals surface area contributed by atoms with Crippen LogP contribution in [0.15, 0.2) is 18.2 Å². The number of rotatable bonds is 4. The van der Waals surface area contributed by atoms with Gasteiger partial charge >= 0.3 is 0 Å². The predicted octanol–water partition coefficient (Wildman–Crippen LogP) is 2.48. The monoisotopic (exact) mass is 206 g/mol. The molecule has 3 nitrogen and oxygen atoms in total. The van der Waals surface area contributed by atoms with E-state index in [4.69, 9.17) is 0 Å². The van der Waals surface area contributed by atoms with Gasteiger partial charge in [-0.15, -0.1) is 6.58 Å². The van der Waals surface area contributed by atoms with Crippen LogP contribution in [0.5, 0.6) is 0 Å². The van der Waals surface area contributed by atoms with Crippen molar-refractivity contribution in [2.24, 2.45) is 0 Å². The fourth-order valence-corrected chi connectivity index (χ4v) is 1.45. The molecule has 1 rings (SSSR count). The molecule has 0 radical (unpaired) electrons. The van der Waals surface area contributed by atoms with Crippen LogP contribution in [0.1, 0.15) is 42.8 Å². The van der Waals surface area contributed by atoms with Crippen molar-refractivity contribution >= 4 is 0 Å². The number of hydrogen-bond acceptors (Lipinski definition) is 3. The number of hydrogen-bond donors (Lipinski definition) is 1. The molecule has 0 amide bonds. The highest BCUT2D eigenvalue weighted by Gasteiger charge is 2.11. The van der Waals surface area contributed by atoms with Crippen molar-refractivity contribution in [3.05, 3.63) is 35.2 Å². The molecule has 1 heterocycles. The Bertz CT molecular complexity index is 361. The lowest BCUT2D eigenvalue weighted by molar-refractivity contribution is 0.166. The normalized spacial score (nSPS) is 12.5. The maximum absolute atomic E-state index is 9.97. The molecule has 0 saturated carbocycles. The lowest BCUT2D eigenvalue weighted by Gasteiger charge is -2.12. The molecule has 1 aromatic rings. The second kappa shape index (κ2) is 5.03. The molecule has 0 saturated heterocycles. The molecule has 82 valence electrons. The van der Waals surface area contributed by atoms with Crippen LogP contribution >= 0.6 is 0 Å². The third kappa shape index (κ3) is 3.44.